The summed E-state index contributed by atoms with van der Waals surface area (Å²) in [7, 11) is 0. The Kier molecular flexibility index (Phi) is 6.40. The molecule has 0 radical (unpaired) electrons. The number of hydrogen-bond acceptors (Lipinski definition) is 3. The summed E-state index contributed by atoms with van der Waals surface area (Å²) in [5.41, 5.74) is 3.63. The minimum absolute atomic E-state index is 0.0256. The van der Waals surface area contributed by atoms with Gasteiger partial charge in [-0.3, -0.25) is 9.69 Å². The van der Waals surface area contributed by atoms with Gasteiger partial charge in [0, 0.05) is 44.1 Å². The van der Waals surface area contributed by atoms with Crippen molar-refractivity contribution in [1.29, 1.82) is 0 Å². The topological polar surface area (TPSA) is 35.6 Å². The number of halogens is 1. The summed E-state index contributed by atoms with van der Waals surface area (Å²) in [6, 6.07) is 24.8. The fraction of sp³-hybridized carbons (Fsp3) is 0.240. The van der Waals surface area contributed by atoms with Crippen LogP contribution < -0.4 is 10.2 Å². The highest BCUT2D eigenvalue weighted by Crippen LogP contribution is 2.20. The zero-order valence-corrected chi connectivity index (χ0v) is 16.9. The first kappa shape index (κ1) is 20.1. The Morgan fingerprint density at radius 3 is 2.20 bits per heavy atom. The molecule has 1 amide bonds. The number of nitrogens with zero attached hydrogens (tertiary/aromatic N) is 2. The van der Waals surface area contributed by atoms with Crippen LogP contribution in [0.25, 0.3) is 0 Å². The number of rotatable bonds is 6. The van der Waals surface area contributed by atoms with E-state index in [1.165, 1.54) is 11.6 Å². The summed E-state index contributed by atoms with van der Waals surface area (Å²) in [6.45, 7) is 4.99. The molecule has 3 aromatic rings. The molecule has 0 aromatic heterocycles. The molecule has 0 saturated carbocycles. The highest BCUT2D eigenvalue weighted by Gasteiger charge is 2.17. The normalized spacial score (nSPS) is 14.5. The summed E-state index contributed by atoms with van der Waals surface area (Å²) in [5.74, 6) is -0.572. The Morgan fingerprint density at radius 1 is 0.833 bits per heavy atom. The van der Waals surface area contributed by atoms with Crippen molar-refractivity contribution in [2.45, 2.75) is 13.0 Å². The molecule has 1 fully saturated rings. The van der Waals surface area contributed by atoms with E-state index < -0.39 is 0 Å². The van der Waals surface area contributed by atoms with Gasteiger partial charge in [0.2, 0.25) is 5.91 Å². The van der Waals surface area contributed by atoms with Crippen molar-refractivity contribution in [3.63, 3.8) is 0 Å². The van der Waals surface area contributed by atoms with Crippen LogP contribution in [-0.4, -0.2) is 37.0 Å². The lowest BCUT2D eigenvalue weighted by Crippen LogP contribution is -2.45. The van der Waals surface area contributed by atoms with Crippen LogP contribution >= 0.6 is 0 Å². The van der Waals surface area contributed by atoms with E-state index in [-0.39, 0.29) is 18.1 Å². The highest BCUT2D eigenvalue weighted by atomic mass is 19.1. The molecular formula is C25H26FN3O. The molecule has 1 N–H and O–H groups in total. The second-order valence-electron chi connectivity index (χ2n) is 7.61. The van der Waals surface area contributed by atoms with Gasteiger partial charge in [0.25, 0.3) is 0 Å². The van der Waals surface area contributed by atoms with Gasteiger partial charge in [-0.1, -0.05) is 48.5 Å². The van der Waals surface area contributed by atoms with Gasteiger partial charge < -0.3 is 10.2 Å². The van der Waals surface area contributed by atoms with Crippen LogP contribution in [0.4, 0.5) is 15.8 Å². The van der Waals surface area contributed by atoms with Crippen molar-refractivity contribution in [3.8, 4) is 0 Å². The van der Waals surface area contributed by atoms with Gasteiger partial charge in [0.05, 0.1) is 6.42 Å². The second kappa shape index (κ2) is 9.55. The maximum Gasteiger partial charge on any atom is 0.228 e. The second-order valence-corrected chi connectivity index (χ2v) is 7.61. The molecule has 154 valence electrons. The van der Waals surface area contributed by atoms with Crippen LogP contribution in [0.15, 0.2) is 78.9 Å². The predicted molar refractivity (Wildman–Crippen MR) is 119 cm³/mol. The number of anilines is 2. The zero-order chi connectivity index (χ0) is 20.8. The van der Waals surface area contributed by atoms with Gasteiger partial charge in [-0.15, -0.1) is 0 Å². The number of piperazine rings is 1. The van der Waals surface area contributed by atoms with Crippen molar-refractivity contribution in [2.75, 3.05) is 36.4 Å². The minimum Gasteiger partial charge on any atom is -0.369 e. The first-order chi connectivity index (χ1) is 14.7. The average molecular weight is 404 g/mol. The fourth-order valence-corrected chi connectivity index (χ4v) is 3.78. The van der Waals surface area contributed by atoms with Crippen LogP contribution in [0.2, 0.25) is 0 Å². The van der Waals surface area contributed by atoms with E-state index in [4.69, 9.17) is 0 Å². The smallest absolute Gasteiger partial charge is 0.228 e. The Morgan fingerprint density at radius 2 is 1.50 bits per heavy atom. The average Bonchev–Trinajstić information content (AvgIpc) is 2.77. The molecule has 30 heavy (non-hydrogen) atoms. The van der Waals surface area contributed by atoms with E-state index in [9.17, 15) is 9.18 Å². The maximum atomic E-state index is 13.7. The molecular weight excluding hydrogens is 377 g/mol. The molecule has 1 aliphatic heterocycles. The largest absolute Gasteiger partial charge is 0.369 e. The molecule has 4 nitrogen and oxygen atoms in total. The summed E-state index contributed by atoms with van der Waals surface area (Å²) in [6.07, 6.45) is 0.0256. The fourth-order valence-electron chi connectivity index (χ4n) is 3.78. The first-order valence-electron chi connectivity index (χ1n) is 10.3. The lowest BCUT2D eigenvalue weighted by Gasteiger charge is -2.36. The number of benzene rings is 3. The van der Waals surface area contributed by atoms with Gasteiger partial charge in [0.1, 0.15) is 5.82 Å². The number of amides is 1. The SMILES string of the molecule is O=C(Cc1ccccc1F)Nc1ccc(N2CCN(Cc3ccccc3)CC2)cc1. The molecule has 0 atom stereocenters. The third kappa shape index (κ3) is 5.24. The molecule has 1 heterocycles. The Balaban J connectivity index is 1.28. The minimum atomic E-state index is -0.352. The van der Waals surface area contributed by atoms with Crippen molar-refractivity contribution in [1.82, 2.24) is 4.90 Å². The van der Waals surface area contributed by atoms with Crippen LogP contribution in [0.5, 0.6) is 0 Å². The van der Waals surface area contributed by atoms with E-state index in [1.54, 1.807) is 18.2 Å². The van der Waals surface area contributed by atoms with E-state index in [1.807, 2.05) is 30.3 Å². The molecule has 3 aromatic carbocycles. The number of carbonyl (C=O) groups excluding carboxylic acids is 1. The zero-order valence-electron chi connectivity index (χ0n) is 16.9. The molecule has 0 unspecified atom stereocenters. The standard InChI is InChI=1S/C25H26FN3O/c26-24-9-5-4-8-21(24)18-25(30)27-22-10-12-23(13-11-22)29-16-14-28(15-17-29)19-20-6-2-1-3-7-20/h1-13H,14-19H2,(H,27,30). The summed E-state index contributed by atoms with van der Waals surface area (Å²) >= 11 is 0. The Bertz CT molecular complexity index is 967. The molecule has 1 aliphatic rings. The highest BCUT2D eigenvalue weighted by molar-refractivity contribution is 5.92. The van der Waals surface area contributed by atoms with Crippen molar-refractivity contribution in [3.05, 3.63) is 95.8 Å². The lowest BCUT2D eigenvalue weighted by atomic mass is 10.1. The van der Waals surface area contributed by atoms with Gasteiger partial charge >= 0.3 is 0 Å². The van der Waals surface area contributed by atoms with Gasteiger partial charge in [0.15, 0.2) is 0 Å². The molecule has 0 aliphatic carbocycles. The van der Waals surface area contributed by atoms with Crippen LogP contribution in [-0.2, 0) is 17.8 Å². The molecule has 1 saturated heterocycles. The first-order valence-corrected chi connectivity index (χ1v) is 10.3. The summed E-state index contributed by atoms with van der Waals surface area (Å²) in [5, 5.41) is 2.85. The Labute approximate surface area is 176 Å². The molecule has 4 rings (SSSR count). The van der Waals surface area contributed by atoms with Gasteiger partial charge in [-0.05, 0) is 41.5 Å². The van der Waals surface area contributed by atoms with Gasteiger partial charge in [-0.2, -0.15) is 0 Å². The predicted octanol–water partition coefficient (Wildman–Crippen LogP) is 4.33. The summed E-state index contributed by atoms with van der Waals surface area (Å²) in [4.78, 5) is 17.1. The monoisotopic (exact) mass is 403 g/mol. The van der Waals surface area contributed by atoms with E-state index in [2.05, 4.69) is 39.4 Å². The molecule has 0 bridgehead atoms. The number of hydrogen-bond donors (Lipinski definition) is 1. The number of nitrogens with one attached hydrogen (secondary N) is 1. The Hall–Kier alpha value is -3.18. The molecule has 0 spiro atoms. The summed E-state index contributed by atoms with van der Waals surface area (Å²) < 4.78 is 13.7. The lowest BCUT2D eigenvalue weighted by molar-refractivity contribution is -0.115. The number of carbonyl (C=O) groups is 1. The quantitative estimate of drug-likeness (QED) is 0.666. The van der Waals surface area contributed by atoms with E-state index in [0.717, 1.165) is 44.1 Å². The molecule has 5 heteroatoms. The van der Waals surface area contributed by atoms with Crippen LogP contribution in [0.1, 0.15) is 11.1 Å². The van der Waals surface area contributed by atoms with Crippen LogP contribution in [0, 0.1) is 5.82 Å². The third-order valence-corrected chi connectivity index (χ3v) is 5.45. The van der Waals surface area contributed by atoms with Crippen molar-refractivity contribution in [2.24, 2.45) is 0 Å². The van der Waals surface area contributed by atoms with Crippen molar-refractivity contribution < 1.29 is 9.18 Å². The van der Waals surface area contributed by atoms with Gasteiger partial charge in [-0.25, -0.2) is 4.39 Å². The maximum absolute atomic E-state index is 13.7. The van der Waals surface area contributed by atoms with Crippen molar-refractivity contribution >= 4 is 17.3 Å². The van der Waals surface area contributed by atoms with Crippen LogP contribution in [0.3, 0.4) is 0 Å². The van der Waals surface area contributed by atoms with E-state index in [0.29, 0.717) is 5.56 Å². The third-order valence-electron chi connectivity index (χ3n) is 5.45. The van der Waals surface area contributed by atoms with E-state index >= 15 is 0 Å².